The van der Waals surface area contributed by atoms with Gasteiger partial charge >= 0.3 is 0 Å². The molecule has 1 atom stereocenters. The van der Waals surface area contributed by atoms with Gasteiger partial charge in [-0.05, 0) is 25.3 Å². The molecular formula is C12H24N2O2. The smallest absolute Gasteiger partial charge is 0.222 e. The van der Waals surface area contributed by atoms with Crippen molar-refractivity contribution in [1.82, 2.24) is 4.90 Å². The highest BCUT2D eigenvalue weighted by molar-refractivity contribution is 5.77. The fourth-order valence-electron chi connectivity index (χ4n) is 2.11. The molecule has 1 aliphatic rings. The summed E-state index contributed by atoms with van der Waals surface area (Å²) in [6.07, 6.45) is 3.15. The number of hydrogen-bond acceptors (Lipinski definition) is 3. The monoisotopic (exact) mass is 228 g/mol. The Labute approximate surface area is 97.8 Å². The van der Waals surface area contributed by atoms with Gasteiger partial charge in [0.25, 0.3) is 0 Å². The van der Waals surface area contributed by atoms with Gasteiger partial charge < -0.3 is 15.7 Å². The molecule has 0 bridgehead atoms. The molecule has 0 saturated carbocycles. The van der Waals surface area contributed by atoms with Gasteiger partial charge in [-0.3, -0.25) is 4.79 Å². The van der Waals surface area contributed by atoms with E-state index in [1.807, 2.05) is 6.92 Å². The summed E-state index contributed by atoms with van der Waals surface area (Å²) in [5.41, 5.74) is 4.89. The number of amides is 1. The van der Waals surface area contributed by atoms with E-state index in [1.54, 1.807) is 4.90 Å². The van der Waals surface area contributed by atoms with Crippen LogP contribution in [-0.2, 0) is 4.79 Å². The molecule has 0 aromatic heterocycles. The van der Waals surface area contributed by atoms with E-state index < -0.39 is 5.60 Å². The number of rotatable bonds is 6. The number of aliphatic hydroxyl groups is 1. The second-order valence-corrected chi connectivity index (χ2v) is 5.10. The Kier molecular flexibility index (Phi) is 4.74. The van der Waals surface area contributed by atoms with E-state index in [0.29, 0.717) is 32.0 Å². The molecule has 94 valence electrons. The van der Waals surface area contributed by atoms with Crippen LogP contribution in [0.4, 0.5) is 0 Å². The van der Waals surface area contributed by atoms with Crippen LogP contribution >= 0.6 is 0 Å². The van der Waals surface area contributed by atoms with Crippen molar-refractivity contribution in [1.29, 1.82) is 0 Å². The second-order valence-electron chi connectivity index (χ2n) is 5.10. The molecule has 3 N–H and O–H groups in total. The Morgan fingerprint density at radius 3 is 2.69 bits per heavy atom. The van der Waals surface area contributed by atoms with Crippen molar-refractivity contribution >= 4 is 5.91 Å². The Morgan fingerprint density at radius 1 is 1.56 bits per heavy atom. The number of nitrogens with two attached hydrogens (primary N) is 1. The zero-order valence-electron chi connectivity index (χ0n) is 10.4. The molecule has 1 fully saturated rings. The van der Waals surface area contributed by atoms with Gasteiger partial charge in [-0.2, -0.15) is 0 Å². The highest BCUT2D eigenvalue weighted by Crippen LogP contribution is 2.26. The molecule has 0 aromatic rings. The first kappa shape index (κ1) is 13.5. The molecule has 1 aliphatic heterocycles. The SMILES string of the molecule is CCCC1(O)CN(C(=O)CCC(C)CN)C1. The Morgan fingerprint density at radius 2 is 2.19 bits per heavy atom. The standard InChI is InChI=1S/C12H24N2O2/c1-3-6-12(16)8-14(9-12)11(15)5-4-10(2)7-13/h10,16H,3-9,13H2,1-2H3. The van der Waals surface area contributed by atoms with Crippen molar-refractivity contribution in [2.24, 2.45) is 11.7 Å². The molecule has 1 saturated heterocycles. The van der Waals surface area contributed by atoms with E-state index in [4.69, 9.17) is 5.73 Å². The lowest BCUT2D eigenvalue weighted by atomic mass is 9.89. The second kappa shape index (κ2) is 5.64. The van der Waals surface area contributed by atoms with Gasteiger partial charge in [0, 0.05) is 6.42 Å². The zero-order valence-corrected chi connectivity index (χ0v) is 10.4. The van der Waals surface area contributed by atoms with Gasteiger partial charge in [-0.15, -0.1) is 0 Å². The van der Waals surface area contributed by atoms with E-state index in [2.05, 4.69) is 6.92 Å². The third-order valence-corrected chi connectivity index (χ3v) is 3.29. The minimum Gasteiger partial charge on any atom is -0.386 e. The van der Waals surface area contributed by atoms with Crippen LogP contribution < -0.4 is 5.73 Å². The van der Waals surface area contributed by atoms with Crippen LogP contribution in [-0.4, -0.2) is 41.1 Å². The predicted molar refractivity (Wildman–Crippen MR) is 63.9 cm³/mol. The zero-order chi connectivity index (χ0) is 12.2. The first-order valence-corrected chi connectivity index (χ1v) is 6.21. The maximum Gasteiger partial charge on any atom is 0.222 e. The fourth-order valence-corrected chi connectivity index (χ4v) is 2.11. The molecule has 1 rings (SSSR count). The fraction of sp³-hybridized carbons (Fsp3) is 0.917. The van der Waals surface area contributed by atoms with E-state index in [0.717, 1.165) is 19.3 Å². The first-order chi connectivity index (χ1) is 7.50. The molecule has 0 radical (unpaired) electrons. The Balaban J connectivity index is 2.21. The number of nitrogens with zero attached hydrogens (tertiary/aromatic N) is 1. The summed E-state index contributed by atoms with van der Waals surface area (Å²) in [7, 11) is 0. The minimum absolute atomic E-state index is 0.154. The highest BCUT2D eigenvalue weighted by atomic mass is 16.3. The molecule has 1 unspecified atom stereocenters. The van der Waals surface area contributed by atoms with Gasteiger partial charge in [0.05, 0.1) is 18.7 Å². The lowest BCUT2D eigenvalue weighted by Crippen LogP contribution is -2.63. The molecule has 4 heteroatoms. The third-order valence-electron chi connectivity index (χ3n) is 3.29. The van der Waals surface area contributed by atoms with Crippen molar-refractivity contribution < 1.29 is 9.90 Å². The van der Waals surface area contributed by atoms with Crippen LogP contribution in [0.15, 0.2) is 0 Å². The van der Waals surface area contributed by atoms with Crippen LogP contribution in [0.5, 0.6) is 0 Å². The number of carbonyl (C=O) groups is 1. The summed E-state index contributed by atoms with van der Waals surface area (Å²) in [4.78, 5) is 13.5. The molecule has 16 heavy (non-hydrogen) atoms. The van der Waals surface area contributed by atoms with Crippen molar-refractivity contribution in [2.45, 2.75) is 45.1 Å². The quantitative estimate of drug-likeness (QED) is 0.704. The summed E-state index contributed by atoms with van der Waals surface area (Å²) in [6, 6.07) is 0. The summed E-state index contributed by atoms with van der Waals surface area (Å²) in [5.74, 6) is 0.556. The summed E-state index contributed by atoms with van der Waals surface area (Å²) >= 11 is 0. The highest BCUT2D eigenvalue weighted by Gasteiger charge is 2.42. The Bertz CT molecular complexity index is 237. The molecule has 4 nitrogen and oxygen atoms in total. The van der Waals surface area contributed by atoms with Crippen molar-refractivity contribution in [3.05, 3.63) is 0 Å². The van der Waals surface area contributed by atoms with E-state index >= 15 is 0 Å². The molecule has 0 aromatic carbocycles. The van der Waals surface area contributed by atoms with Gasteiger partial charge in [-0.1, -0.05) is 20.3 Å². The van der Waals surface area contributed by atoms with Crippen LogP contribution in [0.1, 0.15) is 39.5 Å². The van der Waals surface area contributed by atoms with Crippen molar-refractivity contribution in [3.8, 4) is 0 Å². The number of likely N-dealkylation sites (tertiary alicyclic amines) is 1. The topological polar surface area (TPSA) is 66.6 Å². The summed E-state index contributed by atoms with van der Waals surface area (Å²) in [5, 5.41) is 9.94. The van der Waals surface area contributed by atoms with Gasteiger partial charge in [0.15, 0.2) is 0 Å². The van der Waals surface area contributed by atoms with Crippen LogP contribution in [0.3, 0.4) is 0 Å². The average molecular weight is 228 g/mol. The van der Waals surface area contributed by atoms with E-state index in [1.165, 1.54) is 0 Å². The van der Waals surface area contributed by atoms with Crippen LogP contribution in [0.25, 0.3) is 0 Å². The molecule has 0 spiro atoms. The summed E-state index contributed by atoms with van der Waals surface area (Å²) in [6.45, 7) is 5.75. The normalized spacial score (nSPS) is 20.4. The van der Waals surface area contributed by atoms with Crippen molar-refractivity contribution in [3.63, 3.8) is 0 Å². The third kappa shape index (κ3) is 3.46. The molecule has 1 amide bonds. The number of hydrogen-bond donors (Lipinski definition) is 2. The molecule has 0 aliphatic carbocycles. The van der Waals surface area contributed by atoms with Crippen LogP contribution in [0, 0.1) is 5.92 Å². The number of carbonyl (C=O) groups excluding carboxylic acids is 1. The molecular weight excluding hydrogens is 204 g/mol. The van der Waals surface area contributed by atoms with Crippen molar-refractivity contribution in [2.75, 3.05) is 19.6 Å². The Hall–Kier alpha value is -0.610. The maximum atomic E-state index is 11.7. The summed E-state index contributed by atoms with van der Waals surface area (Å²) < 4.78 is 0. The maximum absolute atomic E-state index is 11.7. The van der Waals surface area contributed by atoms with Gasteiger partial charge in [-0.25, -0.2) is 0 Å². The minimum atomic E-state index is -0.607. The predicted octanol–water partition coefficient (Wildman–Crippen LogP) is 0.735. The number of β-amino-alcohol motifs (C(OH)–C–C–N with tert-alkyl or cyclic N) is 1. The average Bonchev–Trinajstić information content (AvgIpc) is 2.22. The largest absolute Gasteiger partial charge is 0.386 e. The van der Waals surface area contributed by atoms with Crippen LogP contribution in [0.2, 0.25) is 0 Å². The lowest BCUT2D eigenvalue weighted by Gasteiger charge is -2.46. The van der Waals surface area contributed by atoms with Gasteiger partial charge in [0.1, 0.15) is 0 Å². The van der Waals surface area contributed by atoms with E-state index in [9.17, 15) is 9.90 Å². The first-order valence-electron chi connectivity index (χ1n) is 6.21. The lowest BCUT2D eigenvalue weighted by molar-refractivity contribution is -0.156. The molecule has 1 heterocycles. The van der Waals surface area contributed by atoms with Gasteiger partial charge in [0.2, 0.25) is 5.91 Å². The van der Waals surface area contributed by atoms with E-state index in [-0.39, 0.29) is 5.91 Å².